The van der Waals surface area contributed by atoms with Crippen molar-refractivity contribution in [2.24, 2.45) is 0 Å². The van der Waals surface area contributed by atoms with E-state index in [2.05, 4.69) is 17.2 Å². The second kappa shape index (κ2) is 11.5. The third-order valence-corrected chi connectivity index (χ3v) is 6.05. The number of ether oxygens (including phenoxy) is 1. The monoisotopic (exact) mass is 465 g/mol. The Morgan fingerprint density at radius 3 is 2.88 bits per heavy atom. The lowest BCUT2D eigenvalue weighted by Crippen LogP contribution is -2.13. The van der Waals surface area contributed by atoms with Crippen LogP contribution >= 0.6 is 22.9 Å². The highest BCUT2D eigenvalue weighted by Crippen LogP contribution is 2.25. The Hall–Kier alpha value is -3.14. The van der Waals surface area contributed by atoms with E-state index in [1.807, 2.05) is 55.5 Å². The number of nitrogens with one attached hydrogen (secondary N) is 1. The van der Waals surface area contributed by atoms with E-state index in [0.717, 1.165) is 33.9 Å². The van der Waals surface area contributed by atoms with Crippen molar-refractivity contribution < 1.29 is 9.53 Å². The van der Waals surface area contributed by atoms with Crippen LogP contribution in [0.15, 0.2) is 54.2 Å². The number of hydrogen-bond acceptors (Lipinski definition) is 5. The van der Waals surface area contributed by atoms with Crippen molar-refractivity contribution in [1.29, 1.82) is 5.26 Å². The van der Waals surface area contributed by atoms with Crippen molar-refractivity contribution in [3.05, 3.63) is 80.8 Å². The van der Waals surface area contributed by atoms with Crippen LogP contribution in [-0.2, 0) is 11.2 Å². The number of hydrogen-bond donors (Lipinski definition) is 1. The summed E-state index contributed by atoms with van der Waals surface area (Å²) in [7, 11) is 0. The van der Waals surface area contributed by atoms with Gasteiger partial charge in [0, 0.05) is 28.1 Å². The summed E-state index contributed by atoms with van der Waals surface area (Å²) >= 11 is 7.57. The maximum absolute atomic E-state index is 12.7. The standard InChI is InChI=1S/C25H24ClN3O2S/c1-3-4-11-31-23-8-6-5-7-19(23)14-20(15-27)24(30)29-25-28-16-21(32-25)12-18-10-9-17(2)22(26)13-18/h5-10,13-14,16H,3-4,11-12H2,1-2H3,(H,28,29,30). The van der Waals surface area contributed by atoms with Crippen LogP contribution in [0.1, 0.15) is 41.3 Å². The van der Waals surface area contributed by atoms with Crippen molar-refractivity contribution in [3.8, 4) is 11.8 Å². The molecule has 7 heteroatoms. The number of carbonyl (C=O) groups is 1. The molecule has 0 spiro atoms. The third kappa shape index (κ3) is 6.43. The molecule has 5 nitrogen and oxygen atoms in total. The summed E-state index contributed by atoms with van der Waals surface area (Å²) in [5, 5.41) is 13.4. The maximum atomic E-state index is 12.7. The highest BCUT2D eigenvalue weighted by atomic mass is 35.5. The normalized spacial score (nSPS) is 11.1. The molecule has 1 N–H and O–H groups in total. The number of aromatic nitrogens is 1. The van der Waals surface area contributed by atoms with E-state index in [4.69, 9.17) is 16.3 Å². The number of amides is 1. The van der Waals surface area contributed by atoms with Gasteiger partial charge in [-0.1, -0.05) is 55.3 Å². The minimum atomic E-state index is -0.504. The molecule has 0 atom stereocenters. The molecular weight excluding hydrogens is 442 g/mol. The van der Waals surface area contributed by atoms with E-state index in [1.54, 1.807) is 12.3 Å². The van der Waals surface area contributed by atoms with Crippen molar-refractivity contribution in [2.75, 3.05) is 11.9 Å². The van der Waals surface area contributed by atoms with E-state index >= 15 is 0 Å². The summed E-state index contributed by atoms with van der Waals surface area (Å²) in [6, 6.07) is 15.3. The fraction of sp³-hybridized carbons (Fsp3) is 0.240. The van der Waals surface area contributed by atoms with Gasteiger partial charge in [-0.2, -0.15) is 5.26 Å². The average Bonchev–Trinajstić information content (AvgIpc) is 3.22. The molecule has 0 unspecified atom stereocenters. The zero-order chi connectivity index (χ0) is 22.9. The summed E-state index contributed by atoms with van der Waals surface area (Å²) in [4.78, 5) is 17.9. The van der Waals surface area contributed by atoms with E-state index < -0.39 is 5.91 Å². The number of benzene rings is 2. The van der Waals surface area contributed by atoms with Gasteiger partial charge in [0.2, 0.25) is 0 Å². The summed E-state index contributed by atoms with van der Waals surface area (Å²) in [6.45, 7) is 4.64. The highest BCUT2D eigenvalue weighted by Gasteiger charge is 2.14. The number of carbonyl (C=O) groups excluding carboxylic acids is 1. The zero-order valence-electron chi connectivity index (χ0n) is 18.0. The molecule has 0 aliphatic rings. The van der Waals surface area contributed by atoms with Crippen LogP contribution in [0.2, 0.25) is 5.02 Å². The molecule has 0 aliphatic carbocycles. The van der Waals surface area contributed by atoms with E-state index in [9.17, 15) is 10.1 Å². The predicted octanol–water partition coefficient (Wildman–Crippen LogP) is 6.42. The fourth-order valence-corrected chi connectivity index (χ4v) is 3.97. The maximum Gasteiger partial charge on any atom is 0.268 e. The smallest absolute Gasteiger partial charge is 0.268 e. The van der Waals surface area contributed by atoms with Crippen LogP contribution < -0.4 is 10.1 Å². The SMILES string of the molecule is CCCCOc1ccccc1C=C(C#N)C(=O)Nc1ncc(Cc2ccc(C)c(Cl)c2)s1. The van der Waals surface area contributed by atoms with Crippen LogP contribution in [-0.4, -0.2) is 17.5 Å². The number of thiazole rings is 1. The number of nitrogens with zero attached hydrogens (tertiary/aromatic N) is 2. The Morgan fingerprint density at radius 2 is 2.12 bits per heavy atom. The Bertz CT molecular complexity index is 1160. The summed E-state index contributed by atoms with van der Waals surface area (Å²) in [5.41, 5.74) is 2.77. The lowest BCUT2D eigenvalue weighted by atomic mass is 10.1. The first kappa shape index (κ1) is 23.5. The Kier molecular flexibility index (Phi) is 8.43. The van der Waals surface area contributed by atoms with Crippen LogP contribution in [0.4, 0.5) is 5.13 Å². The number of rotatable bonds is 9. The quantitative estimate of drug-likeness (QED) is 0.225. The van der Waals surface area contributed by atoms with Crippen molar-refractivity contribution in [3.63, 3.8) is 0 Å². The highest BCUT2D eigenvalue weighted by molar-refractivity contribution is 7.15. The molecule has 3 aromatic rings. The van der Waals surface area contributed by atoms with Gasteiger partial charge in [-0.3, -0.25) is 10.1 Å². The number of nitriles is 1. The first-order chi connectivity index (χ1) is 15.5. The molecule has 3 rings (SSSR count). The van der Waals surface area contributed by atoms with Crippen LogP contribution in [0, 0.1) is 18.3 Å². The first-order valence-corrected chi connectivity index (χ1v) is 11.5. The van der Waals surface area contributed by atoms with Crippen LogP contribution in [0.5, 0.6) is 5.75 Å². The Labute approximate surface area is 197 Å². The molecule has 0 bridgehead atoms. The largest absolute Gasteiger partial charge is 0.493 e. The average molecular weight is 466 g/mol. The first-order valence-electron chi connectivity index (χ1n) is 10.3. The van der Waals surface area contributed by atoms with Gasteiger partial charge in [-0.05, 0) is 42.7 Å². The lowest BCUT2D eigenvalue weighted by Gasteiger charge is -2.09. The molecular formula is C25H24ClN3O2S. The predicted molar refractivity (Wildman–Crippen MR) is 130 cm³/mol. The van der Waals surface area contributed by atoms with E-state index in [1.165, 1.54) is 11.3 Å². The van der Waals surface area contributed by atoms with Gasteiger partial charge in [0.05, 0.1) is 6.61 Å². The van der Waals surface area contributed by atoms with Gasteiger partial charge >= 0.3 is 0 Å². The van der Waals surface area contributed by atoms with Crippen molar-refractivity contribution in [2.45, 2.75) is 33.1 Å². The van der Waals surface area contributed by atoms with Gasteiger partial charge in [0.25, 0.3) is 5.91 Å². The minimum absolute atomic E-state index is 0.0152. The number of para-hydroxylation sites is 1. The molecule has 0 fully saturated rings. The molecule has 1 amide bonds. The molecule has 0 saturated heterocycles. The van der Waals surface area contributed by atoms with Gasteiger partial charge in [-0.25, -0.2) is 4.98 Å². The fourth-order valence-electron chi connectivity index (χ4n) is 2.92. The molecule has 1 heterocycles. The topological polar surface area (TPSA) is 75.0 Å². The van der Waals surface area contributed by atoms with Gasteiger partial charge in [0.1, 0.15) is 17.4 Å². The summed E-state index contributed by atoms with van der Waals surface area (Å²) in [5.74, 6) is 0.143. The summed E-state index contributed by atoms with van der Waals surface area (Å²) < 4.78 is 5.79. The molecule has 2 aromatic carbocycles. The second-order valence-corrected chi connectivity index (χ2v) is 8.78. The zero-order valence-corrected chi connectivity index (χ0v) is 19.6. The molecule has 0 saturated carbocycles. The van der Waals surface area contributed by atoms with Gasteiger partial charge < -0.3 is 4.74 Å². The second-order valence-electron chi connectivity index (χ2n) is 7.26. The molecule has 164 valence electrons. The van der Waals surface area contributed by atoms with Crippen LogP contribution in [0.3, 0.4) is 0 Å². The van der Waals surface area contributed by atoms with Crippen LogP contribution in [0.25, 0.3) is 6.08 Å². The van der Waals surface area contributed by atoms with E-state index in [0.29, 0.717) is 29.5 Å². The molecule has 0 radical (unpaired) electrons. The van der Waals surface area contributed by atoms with Crippen molar-refractivity contribution in [1.82, 2.24) is 4.98 Å². The number of anilines is 1. The van der Waals surface area contributed by atoms with Gasteiger partial charge in [0.15, 0.2) is 5.13 Å². The Morgan fingerprint density at radius 1 is 1.31 bits per heavy atom. The summed E-state index contributed by atoms with van der Waals surface area (Å²) in [6.07, 6.45) is 5.89. The lowest BCUT2D eigenvalue weighted by molar-refractivity contribution is -0.112. The number of halogens is 1. The third-order valence-electron chi connectivity index (χ3n) is 4.73. The van der Waals surface area contributed by atoms with Gasteiger partial charge in [-0.15, -0.1) is 11.3 Å². The molecule has 32 heavy (non-hydrogen) atoms. The minimum Gasteiger partial charge on any atom is -0.493 e. The van der Waals surface area contributed by atoms with E-state index in [-0.39, 0.29) is 5.57 Å². The Balaban J connectivity index is 1.70. The number of aryl methyl sites for hydroxylation is 1. The molecule has 0 aliphatic heterocycles. The molecule has 1 aromatic heterocycles. The van der Waals surface area contributed by atoms with Crippen molar-refractivity contribution >= 4 is 40.1 Å². The number of unbranched alkanes of at least 4 members (excludes halogenated alkanes) is 1.